The van der Waals surface area contributed by atoms with Gasteiger partial charge in [-0.25, -0.2) is 9.59 Å². The van der Waals surface area contributed by atoms with E-state index in [1.807, 2.05) is 6.92 Å². The van der Waals surface area contributed by atoms with Crippen molar-refractivity contribution in [2.45, 2.75) is 64.4 Å². The van der Waals surface area contributed by atoms with E-state index in [0.717, 1.165) is 6.42 Å². The van der Waals surface area contributed by atoms with Crippen LogP contribution in [0.15, 0.2) is 48.5 Å². The van der Waals surface area contributed by atoms with Crippen molar-refractivity contribution in [3.63, 3.8) is 0 Å². The van der Waals surface area contributed by atoms with Crippen molar-refractivity contribution < 1.29 is 43.3 Å². The van der Waals surface area contributed by atoms with E-state index in [1.54, 1.807) is 30.3 Å². The summed E-state index contributed by atoms with van der Waals surface area (Å²) >= 11 is 0. The van der Waals surface area contributed by atoms with Crippen molar-refractivity contribution in [3.05, 3.63) is 59.7 Å². The Morgan fingerprint density at radius 3 is 2.36 bits per heavy atom. The number of rotatable bonds is 9. The molecule has 5 atom stereocenters. The molecule has 5 unspecified atom stereocenters. The number of nitrogens with one attached hydrogen (secondary N) is 2. The summed E-state index contributed by atoms with van der Waals surface area (Å²) in [7, 11) is 0. The average molecular weight is 541 g/mol. The van der Waals surface area contributed by atoms with E-state index in [0.29, 0.717) is 19.3 Å². The Morgan fingerprint density at radius 2 is 1.69 bits per heavy atom. The van der Waals surface area contributed by atoms with Crippen LogP contribution in [0.1, 0.15) is 60.7 Å². The second-order valence-corrected chi connectivity index (χ2v) is 9.18. The Labute approximate surface area is 225 Å². The third-order valence-electron chi connectivity index (χ3n) is 6.39. The fourth-order valence-corrected chi connectivity index (χ4v) is 4.27. The van der Waals surface area contributed by atoms with Gasteiger partial charge in [-0.15, -0.1) is 0 Å². The van der Waals surface area contributed by atoms with Crippen molar-refractivity contribution >= 4 is 35.9 Å². The Balaban J connectivity index is 1.88. The number of para-hydroxylation sites is 1. The molecule has 2 aromatic carbocycles. The van der Waals surface area contributed by atoms with Gasteiger partial charge in [0, 0.05) is 0 Å². The van der Waals surface area contributed by atoms with Crippen LogP contribution in [-0.4, -0.2) is 59.7 Å². The molecular weight excluding hydrogens is 508 g/mol. The minimum Gasteiger partial charge on any atom is -0.505 e. The Morgan fingerprint density at radius 1 is 1.00 bits per heavy atom. The summed E-state index contributed by atoms with van der Waals surface area (Å²) in [6.45, 7) is 4.87. The van der Waals surface area contributed by atoms with Crippen molar-refractivity contribution in [1.82, 2.24) is 5.32 Å². The first-order valence-corrected chi connectivity index (χ1v) is 12.7. The smallest absolute Gasteiger partial charge is 0.338 e. The number of carbonyl (C=O) groups excluding carboxylic acids is 5. The van der Waals surface area contributed by atoms with Gasteiger partial charge in [0.15, 0.2) is 17.9 Å². The van der Waals surface area contributed by atoms with Crippen LogP contribution in [0.3, 0.4) is 0 Å². The van der Waals surface area contributed by atoms with Crippen LogP contribution < -0.4 is 10.6 Å². The molecule has 0 bridgehead atoms. The number of esters is 3. The molecule has 1 aliphatic heterocycles. The molecule has 11 heteroatoms. The standard InChI is InChI=1S/C28H32N2O9/c1-4-5-12-20-24(39-26(34)18-10-7-6-8-11-18)17(3)38-28(36)22(16(2)37-27(20)35)30-25(33)19-13-9-14-21(23(19)32)29-15-31/h6-11,13-17,20,22,24,32H,4-5,12H2,1-3H3,(H,29,31)(H,30,33). The van der Waals surface area contributed by atoms with Gasteiger partial charge in [0.2, 0.25) is 6.41 Å². The highest BCUT2D eigenvalue weighted by Gasteiger charge is 2.44. The number of aromatic hydroxyl groups is 1. The van der Waals surface area contributed by atoms with Crippen LogP contribution in [0.4, 0.5) is 5.69 Å². The van der Waals surface area contributed by atoms with Gasteiger partial charge in [-0.2, -0.15) is 0 Å². The second-order valence-electron chi connectivity index (χ2n) is 9.18. The topological polar surface area (TPSA) is 157 Å². The highest BCUT2D eigenvalue weighted by atomic mass is 16.6. The lowest BCUT2D eigenvalue weighted by atomic mass is 9.92. The number of carbonyl (C=O) groups is 5. The monoisotopic (exact) mass is 540 g/mol. The molecule has 0 radical (unpaired) electrons. The number of unbranched alkanes of at least 4 members (excludes halogenated alkanes) is 1. The van der Waals surface area contributed by atoms with Gasteiger partial charge in [-0.05, 0) is 44.5 Å². The third-order valence-corrected chi connectivity index (χ3v) is 6.39. The predicted molar refractivity (Wildman–Crippen MR) is 139 cm³/mol. The van der Waals surface area contributed by atoms with Crippen molar-refractivity contribution in [3.8, 4) is 5.75 Å². The van der Waals surface area contributed by atoms with Crippen LogP contribution in [0.25, 0.3) is 0 Å². The number of ether oxygens (including phenoxy) is 3. The van der Waals surface area contributed by atoms with Gasteiger partial charge in [0.1, 0.15) is 12.2 Å². The normalized spacial score (nSPS) is 23.2. The first-order chi connectivity index (χ1) is 18.7. The summed E-state index contributed by atoms with van der Waals surface area (Å²) in [6.07, 6.45) is -1.32. The number of amides is 2. The maximum Gasteiger partial charge on any atom is 0.338 e. The van der Waals surface area contributed by atoms with Crippen LogP contribution in [0.5, 0.6) is 5.75 Å². The number of cyclic esters (lactones) is 2. The molecule has 2 aromatic rings. The van der Waals surface area contributed by atoms with Gasteiger partial charge in [-0.3, -0.25) is 14.4 Å². The molecule has 39 heavy (non-hydrogen) atoms. The zero-order valence-electron chi connectivity index (χ0n) is 21.9. The summed E-state index contributed by atoms with van der Waals surface area (Å²) in [5.74, 6) is -4.61. The fraction of sp³-hybridized carbons (Fsp3) is 0.393. The molecular formula is C28H32N2O9. The minimum absolute atomic E-state index is 0.00960. The van der Waals surface area contributed by atoms with Crippen LogP contribution in [0.2, 0.25) is 0 Å². The summed E-state index contributed by atoms with van der Waals surface area (Å²) < 4.78 is 16.9. The number of phenolic OH excluding ortho intramolecular Hbond substituents is 1. The lowest BCUT2D eigenvalue weighted by Gasteiger charge is -2.29. The molecule has 3 rings (SSSR count). The third kappa shape index (κ3) is 7.13. The molecule has 1 aliphatic rings. The minimum atomic E-state index is -1.44. The molecule has 208 valence electrons. The molecule has 0 aliphatic carbocycles. The van der Waals surface area contributed by atoms with Gasteiger partial charge in [0.25, 0.3) is 5.91 Å². The molecule has 0 saturated carbocycles. The summed E-state index contributed by atoms with van der Waals surface area (Å²) in [6, 6.07) is 10.9. The SMILES string of the molecule is CCCCC1C(=O)OC(C)C(NC(=O)c2cccc(NC=O)c2O)C(=O)OC(C)C1OC(=O)c1ccccc1. The molecule has 1 fully saturated rings. The predicted octanol–water partition coefficient (Wildman–Crippen LogP) is 2.97. The van der Waals surface area contributed by atoms with Crippen LogP contribution in [-0.2, 0) is 28.6 Å². The van der Waals surface area contributed by atoms with E-state index >= 15 is 0 Å². The summed E-state index contributed by atoms with van der Waals surface area (Å²) in [5, 5.41) is 15.1. The van der Waals surface area contributed by atoms with Crippen LogP contribution in [0, 0.1) is 5.92 Å². The van der Waals surface area contributed by atoms with Crippen molar-refractivity contribution in [2.75, 3.05) is 5.32 Å². The van der Waals surface area contributed by atoms with Gasteiger partial charge in [0.05, 0.1) is 22.7 Å². The van der Waals surface area contributed by atoms with Gasteiger partial charge in [-0.1, -0.05) is 44.0 Å². The largest absolute Gasteiger partial charge is 0.505 e. The maximum atomic E-state index is 13.3. The van der Waals surface area contributed by atoms with E-state index in [4.69, 9.17) is 14.2 Å². The molecule has 1 saturated heterocycles. The quantitative estimate of drug-likeness (QED) is 0.188. The first kappa shape index (κ1) is 29.2. The highest BCUT2D eigenvalue weighted by molar-refractivity contribution is 6.01. The highest BCUT2D eigenvalue weighted by Crippen LogP contribution is 2.29. The average Bonchev–Trinajstić information content (AvgIpc) is 2.94. The van der Waals surface area contributed by atoms with E-state index in [9.17, 15) is 29.1 Å². The van der Waals surface area contributed by atoms with E-state index in [1.165, 1.54) is 32.0 Å². The van der Waals surface area contributed by atoms with Gasteiger partial charge >= 0.3 is 17.9 Å². The number of hydrogen-bond donors (Lipinski definition) is 3. The summed E-state index contributed by atoms with van der Waals surface area (Å²) in [5.41, 5.74) is 0.0318. The Hall–Kier alpha value is -4.41. The van der Waals surface area contributed by atoms with Crippen molar-refractivity contribution in [1.29, 1.82) is 0 Å². The van der Waals surface area contributed by atoms with Crippen molar-refractivity contribution in [2.24, 2.45) is 5.92 Å². The van der Waals surface area contributed by atoms with E-state index in [-0.39, 0.29) is 16.8 Å². The number of phenols is 1. The zero-order chi connectivity index (χ0) is 28.5. The Kier molecular flexibility index (Phi) is 10.0. The number of anilines is 1. The second kappa shape index (κ2) is 13.4. The fourth-order valence-electron chi connectivity index (χ4n) is 4.27. The Bertz CT molecular complexity index is 1200. The van der Waals surface area contributed by atoms with Gasteiger partial charge < -0.3 is 30.0 Å². The molecule has 0 spiro atoms. The number of benzene rings is 2. The lowest BCUT2D eigenvalue weighted by Crippen LogP contribution is -2.50. The molecule has 1 heterocycles. The van der Waals surface area contributed by atoms with E-state index < -0.39 is 59.8 Å². The number of hydrogen-bond acceptors (Lipinski definition) is 9. The molecule has 2 amide bonds. The zero-order valence-corrected chi connectivity index (χ0v) is 21.9. The van der Waals surface area contributed by atoms with E-state index in [2.05, 4.69) is 10.6 Å². The van der Waals surface area contributed by atoms with Crippen LogP contribution >= 0.6 is 0 Å². The molecule has 11 nitrogen and oxygen atoms in total. The maximum absolute atomic E-state index is 13.3. The lowest BCUT2D eigenvalue weighted by molar-refractivity contribution is -0.160. The summed E-state index contributed by atoms with van der Waals surface area (Å²) in [4.78, 5) is 63.2. The molecule has 3 N–H and O–H groups in total. The molecule has 0 aromatic heterocycles. The first-order valence-electron chi connectivity index (χ1n) is 12.7.